The number of carbonyl (C=O) groups excluding carboxylic acids is 1. The summed E-state index contributed by atoms with van der Waals surface area (Å²) >= 11 is 0. The molecule has 2 heterocycles. The average molecular weight is 424 g/mol. The molecule has 1 unspecified atom stereocenters. The lowest BCUT2D eigenvalue weighted by Gasteiger charge is -2.30. The van der Waals surface area contributed by atoms with Crippen molar-refractivity contribution >= 4 is 11.6 Å². The first kappa shape index (κ1) is 21.0. The number of benzene rings is 2. The fraction of sp³-hybridized carbons (Fsp3) is 0.348. The van der Waals surface area contributed by atoms with Gasteiger partial charge in [-0.1, -0.05) is 17.3 Å². The molecule has 162 valence electrons. The van der Waals surface area contributed by atoms with Crippen LogP contribution in [-0.4, -0.2) is 47.2 Å². The van der Waals surface area contributed by atoms with Crippen LogP contribution in [0.15, 0.2) is 53.1 Å². The van der Waals surface area contributed by atoms with Crippen molar-refractivity contribution in [1.29, 1.82) is 0 Å². The Morgan fingerprint density at radius 1 is 1.29 bits per heavy atom. The summed E-state index contributed by atoms with van der Waals surface area (Å²) in [6.45, 7) is 4.30. The Kier molecular flexibility index (Phi) is 6.57. The van der Waals surface area contributed by atoms with Crippen LogP contribution in [0.5, 0.6) is 5.75 Å². The van der Waals surface area contributed by atoms with Crippen LogP contribution in [0.4, 0.5) is 10.1 Å². The SMILES string of the molecule is CCOc1ccc(NC(=O)CN2CCCC(c3nc(-c4cccc(F)c4)no3)C2)cc1. The van der Waals surface area contributed by atoms with Crippen LogP contribution in [0, 0.1) is 5.82 Å². The van der Waals surface area contributed by atoms with Crippen molar-refractivity contribution < 1.29 is 18.4 Å². The number of amides is 1. The van der Waals surface area contributed by atoms with E-state index in [2.05, 4.69) is 20.4 Å². The highest BCUT2D eigenvalue weighted by atomic mass is 19.1. The maximum atomic E-state index is 13.5. The number of carbonyl (C=O) groups is 1. The molecule has 0 aliphatic carbocycles. The van der Waals surface area contributed by atoms with Crippen molar-refractivity contribution in [2.75, 3.05) is 31.6 Å². The largest absolute Gasteiger partial charge is 0.494 e. The van der Waals surface area contributed by atoms with Gasteiger partial charge in [0.25, 0.3) is 0 Å². The van der Waals surface area contributed by atoms with Crippen LogP contribution in [0.3, 0.4) is 0 Å². The van der Waals surface area contributed by atoms with Gasteiger partial charge in [0.1, 0.15) is 11.6 Å². The van der Waals surface area contributed by atoms with E-state index in [4.69, 9.17) is 9.26 Å². The molecule has 1 N–H and O–H groups in total. The van der Waals surface area contributed by atoms with E-state index in [9.17, 15) is 9.18 Å². The van der Waals surface area contributed by atoms with Gasteiger partial charge in [-0.2, -0.15) is 4.98 Å². The predicted octanol–water partition coefficient (Wildman–Crippen LogP) is 4.09. The van der Waals surface area contributed by atoms with Crippen LogP contribution in [0.2, 0.25) is 0 Å². The molecular weight excluding hydrogens is 399 g/mol. The van der Waals surface area contributed by atoms with Gasteiger partial charge in [0.05, 0.1) is 19.1 Å². The van der Waals surface area contributed by atoms with Gasteiger partial charge in [0.2, 0.25) is 17.6 Å². The molecule has 1 fully saturated rings. The highest BCUT2D eigenvalue weighted by Gasteiger charge is 2.27. The summed E-state index contributed by atoms with van der Waals surface area (Å²) < 4.78 is 24.3. The molecular formula is C23H25FN4O3. The second-order valence-corrected chi connectivity index (χ2v) is 7.55. The first-order valence-electron chi connectivity index (χ1n) is 10.5. The summed E-state index contributed by atoms with van der Waals surface area (Å²) in [6, 6.07) is 13.4. The fourth-order valence-corrected chi connectivity index (χ4v) is 3.75. The molecule has 0 saturated carbocycles. The first-order chi connectivity index (χ1) is 15.1. The third kappa shape index (κ3) is 5.46. The van der Waals surface area contributed by atoms with E-state index in [-0.39, 0.29) is 24.2 Å². The normalized spacial score (nSPS) is 16.8. The maximum absolute atomic E-state index is 13.5. The predicted molar refractivity (Wildman–Crippen MR) is 114 cm³/mol. The number of hydrogen-bond acceptors (Lipinski definition) is 6. The van der Waals surface area contributed by atoms with Crippen molar-refractivity contribution in [1.82, 2.24) is 15.0 Å². The number of rotatable bonds is 7. The second-order valence-electron chi connectivity index (χ2n) is 7.55. The van der Waals surface area contributed by atoms with Gasteiger partial charge in [-0.15, -0.1) is 0 Å². The molecule has 4 rings (SSSR count). The minimum Gasteiger partial charge on any atom is -0.494 e. The topological polar surface area (TPSA) is 80.5 Å². The van der Waals surface area contributed by atoms with Gasteiger partial charge in [-0.25, -0.2) is 4.39 Å². The van der Waals surface area contributed by atoms with Crippen LogP contribution in [0.25, 0.3) is 11.4 Å². The number of ether oxygens (including phenoxy) is 1. The number of aromatic nitrogens is 2. The maximum Gasteiger partial charge on any atom is 0.238 e. The van der Waals surface area contributed by atoms with Crippen molar-refractivity contribution in [2.24, 2.45) is 0 Å². The number of anilines is 1. The van der Waals surface area contributed by atoms with Gasteiger partial charge in [0.15, 0.2) is 0 Å². The van der Waals surface area contributed by atoms with Crippen molar-refractivity contribution in [3.8, 4) is 17.1 Å². The van der Waals surface area contributed by atoms with Gasteiger partial charge in [-0.05, 0) is 62.7 Å². The quantitative estimate of drug-likeness (QED) is 0.615. The van der Waals surface area contributed by atoms with Crippen LogP contribution in [-0.2, 0) is 4.79 Å². The van der Waals surface area contributed by atoms with E-state index < -0.39 is 0 Å². The number of nitrogens with zero attached hydrogens (tertiary/aromatic N) is 3. The first-order valence-corrected chi connectivity index (χ1v) is 10.5. The van der Waals surface area contributed by atoms with E-state index in [0.29, 0.717) is 30.4 Å². The molecule has 31 heavy (non-hydrogen) atoms. The van der Waals surface area contributed by atoms with Gasteiger partial charge in [-0.3, -0.25) is 9.69 Å². The smallest absolute Gasteiger partial charge is 0.238 e. The number of likely N-dealkylation sites (tertiary alicyclic amines) is 1. The number of hydrogen-bond donors (Lipinski definition) is 1. The molecule has 1 aliphatic heterocycles. The Hall–Kier alpha value is -3.26. The van der Waals surface area contributed by atoms with Gasteiger partial charge in [0, 0.05) is 17.8 Å². The van der Waals surface area contributed by atoms with E-state index >= 15 is 0 Å². The Bertz CT molecular complexity index is 1020. The van der Waals surface area contributed by atoms with Gasteiger partial charge >= 0.3 is 0 Å². The second kappa shape index (κ2) is 9.70. The summed E-state index contributed by atoms with van der Waals surface area (Å²) in [6.07, 6.45) is 1.83. The summed E-state index contributed by atoms with van der Waals surface area (Å²) in [4.78, 5) is 19.0. The van der Waals surface area contributed by atoms with Crippen LogP contribution in [0.1, 0.15) is 31.6 Å². The fourth-order valence-electron chi connectivity index (χ4n) is 3.75. The van der Waals surface area contributed by atoms with E-state index in [1.807, 2.05) is 31.2 Å². The zero-order valence-electron chi connectivity index (χ0n) is 17.4. The van der Waals surface area contributed by atoms with E-state index in [1.165, 1.54) is 12.1 Å². The number of piperidine rings is 1. The molecule has 1 aliphatic rings. The molecule has 1 saturated heterocycles. The van der Waals surface area contributed by atoms with Crippen molar-refractivity contribution in [2.45, 2.75) is 25.7 Å². The Morgan fingerprint density at radius 3 is 2.90 bits per heavy atom. The zero-order valence-corrected chi connectivity index (χ0v) is 17.4. The molecule has 1 aromatic heterocycles. The third-order valence-electron chi connectivity index (χ3n) is 5.20. The minimum absolute atomic E-state index is 0.0434. The lowest BCUT2D eigenvalue weighted by molar-refractivity contribution is -0.117. The summed E-state index contributed by atoms with van der Waals surface area (Å²) in [7, 11) is 0. The Labute approximate surface area is 180 Å². The lowest BCUT2D eigenvalue weighted by Crippen LogP contribution is -2.39. The van der Waals surface area contributed by atoms with Gasteiger partial charge < -0.3 is 14.6 Å². The van der Waals surface area contributed by atoms with Crippen LogP contribution < -0.4 is 10.1 Å². The Balaban J connectivity index is 1.34. The van der Waals surface area contributed by atoms with Crippen molar-refractivity contribution in [3.05, 3.63) is 60.2 Å². The Morgan fingerprint density at radius 2 is 2.13 bits per heavy atom. The molecule has 0 bridgehead atoms. The lowest BCUT2D eigenvalue weighted by atomic mass is 9.98. The summed E-state index contributed by atoms with van der Waals surface area (Å²) in [5.74, 6) is 1.30. The summed E-state index contributed by atoms with van der Waals surface area (Å²) in [5.41, 5.74) is 1.32. The monoisotopic (exact) mass is 424 g/mol. The standard InChI is InChI=1S/C23H25FN4O3/c1-2-30-20-10-8-19(9-11-20)25-21(29)15-28-12-4-6-17(14-28)23-26-22(27-31-23)16-5-3-7-18(24)13-16/h3,5,7-11,13,17H,2,4,6,12,14-15H2,1H3,(H,25,29). The molecule has 8 heteroatoms. The van der Waals surface area contributed by atoms with E-state index in [0.717, 1.165) is 30.8 Å². The minimum atomic E-state index is -0.341. The molecule has 1 amide bonds. The molecule has 7 nitrogen and oxygen atoms in total. The highest BCUT2D eigenvalue weighted by molar-refractivity contribution is 5.92. The molecule has 1 atom stereocenters. The summed E-state index contributed by atoms with van der Waals surface area (Å²) in [5, 5.41) is 6.92. The average Bonchev–Trinajstić information content (AvgIpc) is 3.26. The number of nitrogens with one attached hydrogen (secondary N) is 1. The molecule has 0 radical (unpaired) electrons. The molecule has 2 aromatic carbocycles. The third-order valence-corrected chi connectivity index (χ3v) is 5.20. The van der Waals surface area contributed by atoms with Crippen molar-refractivity contribution in [3.63, 3.8) is 0 Å². The highest BCUT2D eigenvalue weighted by Crippen LogP contribution is 2.27. The van der Waals surface area contributed by atoms with Crippen LogP contribution >= 0.6 is 0 Å². The van der Waals surface area contributed by atoms with E-state index in [1.54, 1.807) is 12.1 Å². The molecule has 0 spiro atoms. The molecule has 3 aromatic rings. The zero-order chi connectivity index (χ0) is 21.6. The number of halogens is 1.